The lowest BCUT2D eigenvalue weighted by Gasteiger charge is -2.05. The van der Waals surface area contributed by atoms with Gasteiger partial charge in [-0.3, -0.25) is 14.9 Å². The summed E-state index contributed by atoms with van der Waals surface area (Å²) in [7, 11) is 1.35. The maximum absolute atomic E-state index is 11.4. The van der Waals surface area contributed by atoms with Crippen LogP contribution in [-0.2, 0) is 0 Å². The van der Waals surface area contributed by atoms with Crippen LogP contribution in [-0.4, -0.2) is 23.7 Å². The van der Waals surface area contributed by atoms with Gasteiger partial charge in [0.15, 0.2) is 5.78 Å². The number of benzene rings is 1. The zero-order chi connectivity index (χ0) is 12.3. The van der Waals surface area contributed by atoms with E-state index in [0.717, 1.165) is 6.07 Å². The zero-order valence-corrected chi connectivity index (χ0v) is 9.71. The first kappa shape index (κ1) is 12.7. The molecule has 0 aliphatic rings. The van der Waals surface area contributed by atoms with E-state index in [1.54, 1.807) is 0 Å². The molecule has 5 nitrogen and oxygen atoms in total. The first-order chi connectivity index (χ1) is 7.51. The van der Waals surface area contributed by atoms with Crippen LogP contribution in [0.5, 0.6) is 5.75 Å². The van der Waals surface area contributed by atoms with Crippen LogP contribution < -0.4 is 4.74 Å². The Kier molecular flexibility index (Phi) is 4.09. The summed E-state index contributed by atoms with van der Waals surface area (Å²) >= 11 is 11.1. The van der Waals surface area contributed by atoms with E-state index >= 15 is 0 Å². The molecule has 0 amide bonds. The summed E-state index contributed by atoms with van der Waals surface area (Å²) in [6.07, 6.45) is 0. The molecule has 0 saturated heterocycles. The van der Waals surface area contributed by atoms with E-state index in [-0.39, 0.29) is 27.9 Å². The number of nitrogens with zero attached hydrogens (tertiary/aromatic N) is 1. The summed E-state index contributed by atoms with van der Waals surface area (Å²) in [5, 5.41) is 10.8. The van der Waals surface area contributed by atoms with Gasteiger partial charge in [-0.05, 0) is 6.07 Å². The lowest BCUT2D eigenvalue weighted by atomic mass is 10.1. The molecule has 0 saturated carbocycles. The molecule has 1 aromatic carbocycles. The largest absolute Gasteiger partial charge is 0.495 e. The predicted molar refractivity (Wildman–Crippen MR) is 59.7 cm³/mol. The second-order valence-corrected chi connectivity index (χ2v) is 3.49. The highest BCUT2D eigenvalue weighted by atomic mass is 35.5. The Bertz CT molecular complexity index is 447. The highest BCUT2D eigenvalue weighted by Crippen LogP contribution is 2.32. The van der Waals surface area contributed by atoms with Gasteiger partial charge in [-0.15, -0.1) is 11.6 Å². The van der Waals surface area contributed by atoms with Gasteiger partial charge < -0.3 is 4.74 Å². The van der Waals surface area contributed by atoms with Gasteiger partial charge in [-0.2, -0.15) is 0 Å². The molecule has 0 bridgehead atoms. The molecule has 0 aliphatic heterocycles. The second kappa shape index (κ2) is 5.14. The van der Waals surface area contributed by atoms with E-state index in [0.29, 0.717) is 0 Å². The topological polar surface area (TPSA) is 69.4 Å². The maximum Gasteiger partial charge on any atom is 0.281 e. The molecular weight excluding hydrogens is 257 g/mol. The Hall–Kier alpha value is -1.33. The van der Waals surface area contributed by atoms with Crippen LogP contribution in [0.2, 0.25) is 5.02 Å². The Morgan fingerprint density at radius 1 is 1.56 bits per heavy atom. The number of nitro benzene ring substituents is 1. The van der Waals surface area contributed by atoms with Crippen molar-refractivity contribution in [3.05, 3.63) is 32.8 Å². The number of carbonyl (C=O) groups excluding carboxylic acids is 1. The van der Waals surface area contributed by atoms with Crippen molar-refractivity contribution < 1.29 is 14.5 Å². The molecule has 0 heterocycles. The van der Waals surface area contributed by atoms with Crippen LogP contribution in [0.3, 0.4) is 0 Å². The summed E-state index contributed by atoms with van der Waals surface area (Å²) < 4.78 is 4.87. The van der Waals surface area contributed by atoms with E-state index < -0.39 is 10.7 Å². The summed E-state index contributed by atoms with van der Waals surface area (Å²) in [6, 6.07) is 2.28. The molecule has 0 atom stereocenters. The van der Waals surface area contributed by atoms with Gasteiger partial charge in [0.25, 0.3) is 5.69 Å². The third-order valence-electron chi connectivity index (χ3n) is 1.89. The molecule has 0 spiro atoms. The molecule has 16 heavy (non-hydrogen) atoms. The highest BCUT2D eigenvalue weighted by molar-refractivity contribution is 6.33. The van der Waals surface area contributed by atoms with E-state index in [1.807, 2.05) is 0 Å². The van der Waals surface area contributed by atoms with Crippen LogP contribution in [0.4, 0.5) is 5.69 Å². The van der Waals surface area contributed by atoms with E-state index in [9.17, 15) is 14.9 Å². The fourth-order valence-electron chi connectivity index (χ4n) is 1.15. The average molecular weight is 264 g/mol. The van der Waals surface area contributed by atoms with Gasteiger partial charge >= 0.3 is 0 Å². The molecule has 1 aromatic rings. The first-order valence-electron chi connectivity index (χ1n) is 4.12. The molecule has 0 fully saturated rings. The summed E-state index contributed by atoms with van der Waals surface area (Å²) in [5.41, 5.74) is -0.488. The third kappa shape index (κ3) is 2.43. The number of alkyl halides is 1. The van der Waals surface area contributed by atoms with Gasteiger partial charge in [-0.25, -0.2) is 0 Å². The molecule has 0 aromatic heterocycles. The number of Topliss-reactive ketones (excluding diaryl/α,β-unsaturated/α-hetero) is 1. The van der Waals surface area contributed by atoms with Crippen molar-refractivity contribution in [2.24, 2.45) is 0 Å². The van der Waals surface area contributed by atoms with Gasteiger partial charge in [0.1, 0.15) is 11.3 Å². The zero-order valence-electron chi connectivity index (χ0n) is 8.20. The highest BCUT2D eigenvalue weighted by Gasteiger charge is 2.22. The van der Waals surface area contributed by atoms with Crippen molar-refractivity contribution in [1.29, 1.82) is 0 Å². The molecule has 0 radical (unpaired) electrons. The van der Waals surface area contributed by atoms with E-state index in [1.165, 1.54) is 13.2 Å². The standard InChI is InChI=1S/C9H7Cl2NO4/c1-16-9-2-5(8(13)4-10)7(12(14)15)3-6(9)11/h2-3H,4H2,1H3. The Morgan fingerprint density at radius 3 is 2.62 bits per heavy atom. The van der Waals surface area contributed by atoms with Gasteiger partial charge in [-0.1, -0.05) is 11.6 Å². The van der Waals surface area contributed by atoms with Crippen molar-refractivity contribution in [3.8, 4) is 5.75 Å². The maximum atomic E-state index is 11.4. The number of ketones is 1. The lowest BCUT2D eigenvalue weighted by molar-refractivity contribution is -0.385. The average Bonchev–Trinajstić information content (AvgIpc) is 2.27. The smallest absolute Gasteiger partial charge is 0.281 e. The molecule has 7 heteroatoms. The van der Waals surface area contributed by atoms with Crippen LogP contribution in [0.25, 0.3) is 0 Å². The van der Waals surface area contributed by atoms with Gasteiger partial charge in [0, 0.05) is 6.07 Å². The number of carbonyl (C=O) groups is 1. The second-order valence-electron chi connectivity index (χ2n) is 2.82. The third-order valence-corrected chi connectivity index (χ3v) is 2.43. The summed E-state index contributed by atoms with van der Waals surface area (Å²) in [5.74, 6) is -0.699. The molecule has 86 valence electrons. The van der Waals surface area contributed by atoms with Crippen LogP contribution in [0.15, 0.2) is 12.1 Å². The monoisotopic (exact) mass is 263 g/mol. The first-order valence-corrected chi connectivity index (χ1v) is 5.03. The fraction of sp³-hybridized carbons (Fsp3) is 0.222. The SMILES string of the molecule is COc1cc(C(=O)CCl)c([N+](=O)[O-])cc1Cl. The van der Waals surface area contributed by atoms with E-state index in [2.05, 4.69) is 0 Å². The molecule has 0 aliphatic carbocycles. The number of hydrogen-bond donors (Lipinski definition) is 0. The quantitative estimate of drug-likeness (QED) is 0.363. The van der Waals surface area contributed by atoms with Crippen molar-refractivity contribution in [2.75, 3.05) is 13.0 Å². The van der Waals surface area contributed by atoms with Crippen LogP contribution >= 0.6 is 23.2 Å². The number of rotatable bonds is 4. The molecule has 0 unspecified atom stereocenters. The number of methoxy groups -OCH3 is 1. The minimum absolute atomic E-state index is 0.0697. The van der Waals surface area contributed by atoms with Crippen molar-refractivity contribution in [1.82, 2.24) is 0 Å². The number of nitro groups is 1. The van der Waals surface area contributed by atoms with Crippen LogP contribution in [0, 0.1) is 10.1 Å². The normalized spacial score (nSPS) is 9.94. The Labute approximate surface area is 101 Å². The van der Waals surface area contributed by atoms with Crippen LogP contribution in [0.1, 0.15) is 10.4 Å². The summed E-state index contributed by atoms with van der Waals surface area (Å²) in [6.45, 7) is 0. The summed E-state index contributed by atoms with van der Waals surface area (Å²) in [4.78, 5) is 21.4. The van der Waals surface area contributed by atoms with Crippen molar-refractivity contribution in [3.63, 3.8) is 0 Å². The molecule has 0 N–H and O–H groups in total. The van der Waals surface area contributed by atoms with Gasteiger partial charge in [0.2, 0.25) is 0 Å². The van der Waals surface area contributed by atoms with Crippen molar-refractivity contribution >= 4 is 34.7 Å². The minimum atomic E-state index is -0.689. The van der Waals surface area contributed by atoms with Gasteiger partial charge in [0.05, 0.1) is 22.9 Å². The number of hydrogen-bond acceptors (Lipinski definition) is 4. The molecule has 1 rings (SSSR count). The Balaban J connectivity index is 3.42. The van der Waals surface area contributed by atoms with Crippen molar-refractivity contribution in [2.45, 2.75) is 0 Å². The lowest BCUT2D eigenvalue weighted by Crippen LogP contribution is -2.05. The minimum Gasteiger partial charge on any atom is -0.495 e. The number of halogens is 2. The predicted octanol–water partition coefficient (Wildman–Crippen LogP) is 2.68. The molecular formula is C9H7Cl2NO4. The Morgan fingerprint density at radius 2 is 2.19 bits per heavy atom. The van der Waals surface area contributed by atoms with E-state index in [4.69, 9.17) is 27.9 Å². The fourth-order valence-corrected chi connectivity index (χ4v) is 1.52. The number of ether oxygens (including phenoxy) is 1.